The van der Waals surface area contributed by atoms with Gasteiger partial charge in [-0.05, 0) is 43.2 Å². The number of aromatic amines is 1. The summed E-state index contributed by atoms with van der Waals surface area (Å²) in [5.41, 5.74) is 4.97. The molecule has 3 rings (SSSR count). The van der Waals surface area contributed by atoms with E-state index < -0.39 is 6.10 Å². The number of benzene rings is 2. The van der Waals surface area contributed by atoms with Crippen molar-refractivity contribution in [2.75, 3.05) is 7.11 Å². The highest BCUT2D eigenvalue weighted by Crippen LogP contribution is 2.31. The van der Waals surface area contributed by atoms with Crippen LogP contribution in [-0.2, 0) is 0 Å². The summed E-state index contributed by atoms with van der Waals surface area (Å²) in [6, 6.07) is 13.8. The van der Waals surface area contributed by atoms with Gasteiger partial charge in [0.1, 0.15) is 11.9 Å². The second-order valence-corrected chi connectivity index (χ2v) is 5.39. The number of ether oxygens (including phenoxy) is 1. The zero-order chi connectivity index (χ0) is 15.0. The molecule has 0 aliphatic rings. The van der Waals surface area contributed by atoms with Gasteiger partial charge in [-0.2, -0.15) is 0 Å². The number of methoxy groups -OCH3 is 1. The number of hydrogen-bond donors (Lipinski definition) is 2. The van der Waals surface area contributed by atoms with Crippen molar-refractivity contribution in [1.82, 2.24) is 4.98 Å². The Morgan fingerprint density at radius 2 is 1.76 bits per heavy atom. The molecule has 1 atom stereocenters. The zero-order valence-electron chi connectivity index (χ0n) is 12.5. The van der Waals surface area contributed by atoms with Gasteiger partial charge in [0.25, 0.3) is 0 Å². The van der Waals surface area contributed by atoms with Crippen molar-refractivity contribution in [2.24, 2.45) is 0 Å². The first kappa shape index (κ1) is 13.7. The molecule has 1 aromatic heterocycles. The van der Waals surface area contributed by atoms with Crippen molar-refractivity contribution < 1.29 is 9.84 Å². The quantitative estimate of drug-likeness (QED) is 0.765. The number of aliphatic hydroxyl groups excluding tert-OH is 1. The fourth-order valence-electron chi connectivity index (χ4n) is 2.64. The van der Waals surface area contributed by atoms with E-state index in [1.165, 1.54) is 5.56 Å². The van der Waals surface area contributed by atoms with E-state index >= 15 is 0 Å². The first-order valence-electron chi connectivity index (χ1n) is 7.01. The molecule has 0 radical (unpaired) electrons. The van der Waals surface area contributed by atoms with Gasteiger partial charge in [0, 0.05) is 10.9 Å². The molecular formula is C18H19NO2. The smallest absolute Gasteiger partial charge is 0.119 e. The number of rotatable bonds is 3. The highest BCUT2D eigenvalue weighted by Gasteiger charge is 2.17. The van der Waals surface area contributed by atoms with Gasteiger partial charge in [-0.1, -0.05) is 29.8 Å². The Labute approximate surface area is 124 Å². The maximum atomic E-state index is 10.6. The van der Waals surface area contributed by atoms with Gasteiger partial charge in [-0.15, -0.1) is 0 Å². The van der Waals surface area contributed by atoms with Crippen LogP contribution in [0.4, 0.5) is 0 Å². The van der Waals surface area contributed by atoms with E-state index in [1.807, 2.05) is 56.3 Å². The number of aryl methyl sites for hydroxylation is 2. The Balaban J connectivity index is 2.07. The topological polar surface area (TPSA) is 45.2 Å². The summed E-state index contributed by atoms with van der Waals surface area (Å²) in [6.07, 6.45) is -0.649. The molecule has 0 saturated carbocycles. The SMILES string of the molecule is COc1ccc2[nH]c([C@@H](O)c3ccc(C)cc3)c(C)c2c1. The highest BCUT2D eigenvalue weighted by atomic mass is 16.5. The van der Waals surface area contributed by atoms with Crippen molar-refractivity contribution in [1.29, 1.82) is 0 Å². The third-order valence-electron chi connectivity index (χ3n) is 3.97. The van der Waals surface area contributed by atoms with Gasteiger partial charge in [-0.3, -0.25) is 0 Å². The Bertz CT molecular complexity index is 772. The van der Waals surface area contributed by atoms with Crippen LogP contribution in [0.1, 0.15) is 28.5 Å². The van der Waals surface area contributed by atoms with Crippen molar-refractivity contribution in [3.63, 3.8) is 0 Å². The zero-order valence-corrected chi connectivity index (χ0v) is 12.5. The lowest BCUT2D eigenvalue weighted by Gasteiger charge is -2.11. The number of H-pyrrole nitrogens is 1. The summed E-state index contributed by atoms with van der Waals surface area (Å²) in [4.78, 5) is 3.32. The van der Waals surface area contributed by atoms with E-state index in [0.717, 1.165) is 33.5 Å². The van der Waals surface area contributed by atoms with Crippen LogP contribution >= 0.6 is 0 Å². The summed E-state index contributed by atoms with van der Waals surface area (Å²) in [7, 11) is 1.66. The Hall–Kier alpha value is -2.26. The molecule has 0 fully saturated rings. The number of aliphatic hydroxyl groups is 1. The third-order valence-corrected chi connectivity index (χ3v) is 3.97. The van der Waals surface area contributed by atoms with Gasteiger partial charge in [-0.25, -0.2) is 0 Å². The van der Waals surface area contributed by atoms with Gasteiger partial charge >= 0.3 is 0 Å². The van der Waals surface area contributed by atoms with Gasteiger partial charge in [0.15, 0.2) is 0 Å². The Morgan fingerprint density at radius 1 is 1.05 bits per heavy atom. The molecule has 3 nitrogen and oxygen atoms in total. The lowest BCUT2D eigenvalue weighted by molar-refractivity contribution is 0.215. The summed E-state index contributed by atoms with van der Waals surface area (Å²) in [6.45, 7) is 4.06. The van der Waals surface area contributed by atoms with Crippen molar-refractivity contribution in [2.45, 2.75) is 20.0 Å². The molecule has 0 bridgehead atoms. The number of nitrogens with one attached hydrogen (secondary N) is 1. The van der Waals surface area contributed by atoms with Gasteiger partial charge in [0.05, 0.1) is 12.8 Å². The predicted molar refractivity (Wildman–Crippen MR) is 84.8 cm³/mol. The van der Waals surface area contributed by atoms with Crippen molar-refractivity contribution in [3.8, 4) is 5.75 Å². The van der Waals surface area contributed by atoms with Crippen LogP contribution in [0.15, 0.2) is 42.5 Å². The second kappa shape index (κ2) is 5.26. The van der Waals surface area contributed by atoms with Crippen LogP contribution in [0, 0.1) is 13.8 Å². The number of fused-ring (bicyclic) bond motifs is 1. The summed E-state index contributed by atoms with van der Waals surface area (Å²) in [5.74, 6) is 0.820. The van der Waals surface area contributed by atoms with E-state index in [2.05, 4.69) is 4.98 Å². The van der Waals surface area contributed by atoms with E-state index in [1.54, 1.807) is 7.11 Å². The lowest BCUT2D eigenvalue weighted by atomic mass is 10.0. The van der Waals surface area contributed by atoms with E-state index in [9.17, 15) is 5.11 Å². The molecule has 3 aromatic rings. The van der Waals surface area contributed by atoms with Crippen molar-refractivity contribution in [3.05, 3.63) is 64.8 Å². The molecular weight excluding hydrogens is 262 g/mol. The van der Waals surface area contributed by atoms with Crippen LogP contribution in [-0.4, -0.2) is 17.2 Å². The largest absolute Gasteiger partial charge is 0.497 e. The highest BCUT2D eigenvalue weighted by molar-refractivity contribution is 5.86. The average molecular weight is 281 g/mol. The first-order chi connectivity index (χ1) is 10.1. The Morgan fingerprint density at radius 3 is 2.43 bits per heavy atom. The summed E-state index contributed by atoms with van der Waals surface area (Å²) >= 11 is 0. The predicted octanol–water partition coefficient (Wildman–Crippen LogP) is 3.88. The van der Waals surface area contributed by atoms with Crippen molar-refractivity contribution >= 4 is 10.9 Å². The molecule has 0 saturated heterocycles. The minimum Gasteiger partial charge on any atom is -0.497 e. The molecule has 3 heteroatoms. The van der Waals surface area contributed by atoms with Gasteiger partial charge in [0.2, 0.25) is 0 Å². The molecule has 0 unspecified atom stereocenters. The third kappa shape index (κ3) is 2.41. The van der Waals surface area contributed by atoms with Crippen LogP contribution in [0.25, 0.3) is 10.9 Å². The van der Waals surface area contributed by atoms with Crippen LogP contribution < -0.4 is 4.74 Å². The molecule has 0 aliphatic carbocycles. The summed E-state index contributed by atoms with van der Waals surface area (Å²) in [5, 5.41) is 11.7. The fraction of sp³-hybridized carbons (Fsp3) is 0.222. The molecule has 1 heterocycles. The molecule has 0 amide bonds. The van der Waals surface area contributed by atoms with E-state index in [0.29, 0.717) is 0 Å². The van der Waals surface area contributed by atoms with E-state index in [-0.39, 0.29) is 0 Å². The normalized spacial score (nSPS) is 12.6. The average Bonchev–Trinajstić information content (AvgIpc) is 2.84. The molecule has 0 spiro atoms. The van der Waals surface area contributed by atoms with Crippen LogP contribution in [0.2, 0.25) is 0 Å². The minimum absolute atomic E-state index is 0.649. The van der Waals surface area contributed by atoms with Gasteiger partial charge < -0.3 is 14.8 Å². The fourth-order valence-corrected chi connectivity index (χ4v) is 2.64. The van der Waals surface area contributed by atoms with E-state index in [4.69, 9.17) is 4.74 Å². The molecule has 21 heavy (non-hydrogen) atoms. The Kier molecular flexibility index (Phi) is 3.43. The molecule has 0 aliphatic heterocycles. The minimum atomic E-state index is -0.649. The molecule has 2 aromatic carbocycles. The standard InChI is InChI=1S/C18H19NO2/c1-11-4-6-13(7-5-11)18(20)17-12(2)15-10-14(21-3)8-9-16(15)19-17/h4-10,18-20H,1-3H3/t18-/m0/s1. The molecule has 2 N–H and O–H groups in total. The number of hydrogen-bond acceptors (Lipinski definition) is 2. The maximum Gasteiger partial charge on any atom is 0.119 e. The first-order valence-corrected chi connectivity index (χ1v) is 7.01. The molecule has 108 valence electrons. The second-order valence-electron chi connectivity index (χ2n) is 5.39. The number of aromatic nitrogens is 1. The maximum absolute atomic E-state index is 10.6. The van der Waals surface area contributed by atoms with Crippen LogP contribution in [0.3, 0.4) is 0 Å². The van der Waals surface area contributed by atoms with Crippen LogP contribution in [0.5, 0.6) is 5.75 Å². The summed E-state index contributed by atoms with van der Waals surface area (Å²) < 4.78 is 5.27. The monoisotopic (exact) mass is 281 g/mol. The lowest BCUT2D eigenvalue weighted by Crippen LogP contribution is -2.01.